The van der Waals surface area contributed by atoms with Crippen molar-refractivity contribution in [2.45, 2.75) is 18.7 Å². The smallest absolute Gasteiger partial charge is 0.374 e. The van der Waals surface area contributed by atoms with Crippen LogP contribution in [0.3, 0.4) is 0 Å². The second kappa shape index (κ2) is 6.94. The number of hydrogen-bond donors (Lipinski definition) is 0. The predicted octanol–water partition coefficient (Wildman–Crippen LogP) is 3.85. The minimum absolute atomic E-state index is 0.0534. The minimum atomic E-state index is -4.36. The molecule has 0 spiro atoms. The molecule has 1 saturated heterocycles. The minimum Gasteiger partial charge on any atom is -0.374 e. The summed E-state index contributed by atoms with van der Waals surface area (Å²) in [6, 6.07) is 8.83. The summed E-state index contributed by atoms with van der Waals surface area (Å²) < 4.78 is 44.0. The lowest BCUT2D eigenvalue weighted by molar-refractivity contribution is -0.137. The Bertz CT molecular complexity index is 700. The highest BCUT2D eigenvalue weighted by Crippen LogP contribution is 2.30. The van der Waals surface area contributed by atoms with Crippen molar-refractivity contribution >= 4 is 17.2 Å². The molecule has 3 rings (SSSR count). The molecule has 3 nitrogen and oxygen atoms in total. The fourth-order valence-corrected chi connectivity index (χ4v) is 3.41. The van der Waals surface area contributed by atoms with Crippen LogP contribution in [0.4, 0.5) is 13.2 Å². The predicted molar refractivity (Wildman–Crippen MR) is 85.1 cm³/mol. The SMILES string of the molecule is O=C(c1cccs1)N1CCOC(Cc2cccc(C(F)(F)F)c2)C1. The molecule has 0 radical (unpaired) electrons. The number of alkyl halides is 3. The Morgan fingerprint density at radius 1 is 1.29 bits per heavy atom. The van der Waals surface area contributed by atoms with E-state index >= 15 is 0 Å². The van der Waals surface area contributed by atoms with Gasteiger partial charge in [0, 0.05) is 19.5 Å². The van der Waals surface area contributed by atoms with Crippen LogP contribution in [0.5, 0.6) is 0 Å². The number of benzene rings is 1. The van der Waals surface area contributed by atoms with Gasteiger partial charge in [0.2, 0.25) is 0 Å². The number of amides is 1. The van der Waals surface area contributed by atoms with Crippen LogP contribution in [0.25, 0.3) is 0 Å². The zero-order valence-corrected chi connectivity index (χ0v) is 13.6. The normalized spacial score (nSPS) is 18.6. The first kappa shape index (κ1) is 17.0. The molecule has 1 amide bonds. The van der Waals surface area contributed by atoms with E-state index in [0.29, 0.717) is 36.6 Å². The average molecular weight is 355 g/mol. The molecule has 0 bridgehead atoms. The zero-order chi connectivity index (χ0) is 17.2. The molecule has 24 heavy (non-hydrogen) atoms. The van der Waals surface area contributed by atoms with Gasteiger partial charge in [0.25, 0.3) is 5.91 Å². The van der Waals surface area contributed by atoms with Gasteiger partial charge in [-0.05, 0) is 23.1 Å². The van der Waals surface area contributed by atoms with Crippen LogP contribution in [0.1, 0.15) is 20.8 Å². The molecule has 1 fully saturated rings. The molecule has 1 aliphatic heterocycles. The van der Waals surface area contributed by atoms with Crippen molar-refractivity contribution < 1.29 is 22.7 Å². The second-order valence-electron chi connectivity index (χ2n) is 5.62. The second-order valence-corrected chi connectivity index (χ2v) is 6.57. The van der Waals surface area contributed by atoms with E-state index in [4.69, 9.17) is 4.74 Å². The molecule has 1 aromatic carbocycles. The number of morpholine rings is 1. The molecule has 2 aromatic rings. The molecular formula is C17H16F3NO2S. The largest absolute Gasteiger partial charge is 0.416 e. The Labute approximate surface area is 141 Å². The van der Waals surface area contributed by atoms with E-state index in [0.717, 1.165) is 12.1 Å². The molecule has 128 valence electrons. The van der Waals surface area contributed by atoms with Gasteiger partial charge in [0.15, 0.2) is 0 Å². The van der Waals surface area contributed by atoms with Gasteiger partial charge in [-0.25, -0.2) is 0 Å². The van der Waals surface area contributed by atoms with Crippen LogP contribution in [0.15, 0.2) is 41.8 Å². The van der Waals surface area contributed by atoms with E-state index in [9.17, 15) is 18.0 Å². The first-order valence-electron chi connectivity index (χ1n) is 7.54. The van der Waals surface area contributed by atoms with Crippen LogP contribution >= 0.6 is 11.3 Å². The van der Waals surface area contributed by atoms with E-state index < -0.39 is 11.7 Å². The van der Waals surface area contributed by atoms with Crippen LogP contribution in [-0.2, 0) is 17.3 Å². The van der Waals surface area contributed by atoms with E-state index in [2.05, 4.69) is 0 Å². The van der Waals surface area contributed by atoms with Crippen LogP contribution in [0, 0.1) is 0 Å². The summed E-state index contributed by atoms with van der Waals surface area (Å²) in [5, 5.41) is 1.84. The number of thiophene rings is 1. The van der Waals surface area contributed by atoms with Crippen molar-refractivity contribution in [1.29, 1.82) is 0 Å². The maximum absolute atomic E-state index is 12.8. The molecule has 0 N–H and O–H groups in total. The number of carbonyl (C=O) groups excluding carboxylic acids is 1. The fraction of sp³-hybridized carbons (Fsp3) is 0.353. The number of rotatable bonds is 3. The monoisotopic (exact) mass is 355 g/mol. The Hall–Kier alpha value is -1.86. The third kappa shape index (κ3) is 3.96. The van der Waals surface area contributed by atoms with Gasteiger partial charge in [-0.2, -0.15) is 13.2 Å². The number of carbonyl (C=O) groups is 1. The van der Waals surface area contributed by atoms with Gasteiger partial charge < -0.3 is 9.64 Å². The van der Waals surface area contributed by atoms with Crippen molar-refractivity contribution in [3.63, 3.8) is 0 Å². The van der Waals surface area contributed by atoms with E-state index in [1.54, 1.807) is 17.0 Å². The van der Waals surface area contributed by atoms with Gasteiger partial charge in [-0.15, -0.1) is 11.3 Å². The van der Waals surface area contributed by atoms with Crippen molar-refractivity contribution in [3.8, 4) is 0 Å². The Kier molecular flexibility index (Phi) is 4.91. The quantitative estimate of drug-likeness (QED) is 0.837. The number of ether oxygens (including phenoxy) is 1. The topological polar surface area (TPSA) is 29.5 Å². The molecule has 1 unspecified atom stereocenters. The van der Waals surface area contributed by atoms with Crippen LogP contribution in [0.2, 0.25) is 0 Å². The summed E-state index contributed by atoms with van der Waals surface area (Å²) in [5.41, 5.74) is -0.109. The highest BCUT2D eigenvalue weighted by atomic mass is 32.1. The standard InChI is InChI=1S/C17H16F3NO2S/c18-17(19,20)13-4-1-3-12(9-13)10-14-11-21(6-7-23-14)16(22)15-5-2-8-24-15/h1-5,8-9,14H,6-7,10-11H2. The average Bonchev–Trinajstić information content (AvgIpc) is 3.08. The number of hydrogen-bond acceptors (Lipinski definition) is 3. The van der Waals surface area contributed by atoms with Crippen molar-refractivity contribution in [1.82, 2.24) is 4.90 Å². The van der Waals surface area contributed by atoms with Gasteiger partial charge in [-0.1, -0.05) is 24.3 Å². The van der Waals surface area contributed by atoms with Crippen LogP contribution in [-0.4, -0.2) is 36.6 Å². The number of halogens is 3. The van der Waals surface area contributed by atoms with Gasteiger partial charge in [0.05, 0.1) is 23.2 Å². The summed E-state index contributed by atoms with van der Waals surface area (Å²) in [6.07, 6.45) is -4.31. The molecule has 1 aromatic heterocycles. The molecular weight excluding hydrogens is 339 g/mol. The summed E-state index contributed by atoms with van der Waals surface area (Å²) in [4.78, 5) is 14.7. The first-order valence-corrected chi connectivity index (χ1v) is 8.42. The van der Waals surface area contributed by atoms with E-state index in [-0.39, 0.29) is 12.0 Å². The molecule has 0 saturated carbocycles. The van der Waals surface area contributed by atoms with E-state index in [1.165, 1.54) is 17.4 Å². The van der Waals surface area contributed by atoms with Gasteiger partial charge in [0.1, 0.15) is 0 Å². The number of nitrogens with zero attached hydrogens (tertiary/aromatic N) is 1. The molecule has 1 aliphatic rings. The molecule has 7 heteroatoms. The lowest BCUT2D eigenvalue weighted by Crippen LogP contribution is -2.46. The highest BCUT2D eigenvalue weighted by molar-refractivity contribution is 7.12. The molecule has 2 heterocycles. The molecule has 1 atom stereocenters. The summed E-state index contributed by atoms with van der Waals surface area (Å²) >= 11 is 1.38. The van der Waals surface area contributed by atoms with E-state index in [1.807, 2.05) is 11.4 Å². The maximum Gasteiger partial charge on any atom is 0.416 e. The summed E-state index contributed by atoms with van der Waals surface area (Å²) in [6.45, 7) is 1.27. The summed E-state index contributed by atoms with van der Waals surface area (Å²) in [5.74, 6) is -0.0534. The lowest BCUT2D eigenvalue weighted by Gasteiger charge is -2.33. The molecule has 0 aliphatic carbocycles. The Morgan fingerprint density at radius 2 is 2.12 bits per heavy atom. The third-order valence-corrected chi connectivity index (χ3v) is 4.73. The van der Waals surface area contributed by atoms with Crippen molar-refractivity contribution in [2.75, 3.05) is 19.7 Å². The Morgan fingerprint density at radius 3 is 2.83 bits per heavy atom. The fourth-order valence-electron chi connectivity index (χ4n) is 2.72. The third-order valence-electron chi connectivity index (χ3n) is 3.88. The van der Waals surface area contributed by atoms with Crippen molar-refractivity contribution in [2.24, 2.45) is 0 Å². The maximum atomic E-state index is 12.8. The summed E-state index contributed by atoms with van der Waals surface area (Å²) in [7, 11) is 0. The highest BCUT2D eigenvalue weighted by Gasteiger charge is 2.31. The van der Waals surface area contributed by atoms with Crippen molar-refractivity contribution in [3.05, 3.63) is 57.8 Å². The van der Waals surface area contributed by atoms with Gasteiger partial charge in [-0.3, -0.25) is 4.79 Å². The van der Waals surface area contributed by atoms with Gasteiger partial charge >= 0.3 is 6.18 Å². The first-order chi connectivity index (χ1) is 11.4. The lowest BCUT2D eigenvalue weighted by atomic mass is 10.0. The zero-order valence-electron chi connectivity index (χ0n) is 12.8. The Balaban J connectivity index is 1.67. The van der Waals surface area contributed by atoms with Crippen LogP contribution < -0.4 is 0 Å².